The van der Waals surface area contributed by atoms with Crippen LogP contribution in [0.2, 0.25) is 10.0 Å². The zero-order chi connectivity index (χ0) is 17.6. The smallest absolute Gasteiger partial charge is 0.419 e. The van der Waals surface area contributed by atoms with Crippen molar-refractivity contribution >= 4 is 46.4 Å². The summed E-state index contributed by atoms with van der Waals surface area (Å²) < 4.78 is 70.0. The van der Waals surface area contributed by atoms with Crippen LogP contribution in [0.5, 0.6) is 5.75 Å². The number of nitrogens with one attached hydrogen (secondary N) is 1. The van der Waals surface area contributed by atoms with Gasteiger partial charge in [0.2, 0.25) is 0 Å². The van der Waals surface area contributed by atoms with Crippen LogP contribution in [-0.2, 0) is 6.18 Å². The maximum atomic E-state index is 13.8. The Hall–Kier alpha value is -0.890. The summed E-state index contributed by atoms with van der Waals surface area (Å²) >= 11 is 22.6. The van der Waals surface area contributed by atoms with E-state index in [0.717, 1.165) is 12.2 Å². The zero-order valence-corrected chi connectivity index (χ0v) is 13.6. The molecular formula is C12H4Cl4F5NO. The van der Waals surface area contributed by atoms with Crippen molar-refractivity contribution in [2.75, 3.05) is 0 Å². The zero-order valence-electron chi connectivity index (χ0n) is 10.5. The Kier molecular flexibility index (Phi) is 4.97. The second-order valence-electron chi connectivity index (χ2n) is 4.23. The molecule has 0 fully saturated rings. The predicted molar refractivity (Wildman–Crippen MR) is 76.9 cm³/mol. The van der Waals surface area contributed by atoms with Crippen LogP contribution in [0.15, 0.2) is 29.2 Å². The number of ether oxygens (including phenoxy) is 1. The monoisotopic (exact) mass is 413 g/mol. The van der Waals surface area contributed by atoms with Crippen molar-refractivity contribution in [3.63, 3.8) is 0 Å². The predicted octanol–water partition coefficient (Wildman–Crippen LogP) is 5.96. The molecule has 0 saturated carbocycles. The molecular weight excluding hydrogens is 411 g/mol. The van der Waals surface area contributed by atoms with Gasteiger partial charge in [0.1, 0.15) is 10.2 Å². The number of alkyl halides is 4. The molecule has 1 unspecified atom stereocenters. The maximum absolute atomic E-state index is 13.8. The largest absolute Gasteiger partial charge is 0.447 e. The molecule has 0 aliphatic carbocycles. The van der Waals surface area contributed by atoms with Crippen LogP contribution in [0.25, 0.3) is 0 Å². The maximum Gasteiger partial charge on any atom is 0.419 e. The van der Waals surface area contributed by atoms with Crippen molar-refractivity contribution in [3.05, 3.63) is 50.6 Å². The molecule has 0 radical (unpaired) electrons. The molecule has 1 aliphatic rings. The van der Waals surface area contributed by atoms with Gasteiger partial charge in [0, 0.05) is 0 Å². The van der Waals surface area contributed by atoms with Gasteiger partial charge in [0.05, 0.1) is 10.6 Å². The van der Waals surface area contributed by atoms with Gasteiger partial charge in [-0.05, 0) is 29.8 Å². The standard InChI is InChI=1S/C12H4Cl4F5NO/c13-5-3-4(12(19,20)21)8(18)7(14)9(5)23-11(16)2-1-6(17)10(15)22-11/h1-3,22H. The van der Waals surface area contributed by atoms with E-state index in [0.29, 0.717) is 6.07 Å². The molecule has 0 aromatic heterocycles. The van der Waals surface area contributed by atoms with Crippen molar-refractivity contribution in [1.82, 2.24) is 5.32 Å². The van der Waals surface area contributed by atoms with Gasteiger partial charge in [-0.2, -0.15) is 13.2 Å². The lowest BCUT2D eigenvalue weighted by molar-refractivity contribution is -0.140. The van der Waals surface area contributed by atoms with E-state index in [1.807, 2.05) is 0 Å². The molecule has 0 saturated heterocycles. The van der Waals surface area contributed by atoms with Crippen molar-refractivity contribution < 1.29 is 26.7 Å². The highest BCUT2D eigenvalue weighted by molar-refractivity contribution is 6.37. The van der Waals surface area contributed by atoms with Gasteiger partial charge in [-0.3, -0.25) is 0 Å². The van der Waals surface area contributed by atoms with Crippen LogP contribution in [0.4, 0.5) is 22.0 Å². The first-order chi connectivity index (χ1) is 10.4. The van der Waals surface area contributed by atoms with E-state index in [2.05, 4.69) is 5.32 Å². The fourth-order valence-electron chi connectivity index (χ4n) is 1.59. The molecule has 2 nitrogen and oxygen atoms in total. The van der Waals surface area contributed by atoms with Crippen LogP contribution in [0.1, 0.15) is 5.56 Å². The molecule has 0 bridgehead atoms. The third-order valence-electron chi connectivity index (χ3n) is 2.61. The van der Waals surface area contributed by atoms with Crippen molar-refractivity contribution in [2.24, 2.45) is 0 Å². The second kappa shape index (κ2) is 6.20. The Morgan fingerprint density at radius 2 is 1.74 bits per heavy atom. The van der Waals surface area contributed by atoms with E-state index in [4.69, 9.17) is 51.1 Å². The highest BCUT2D eigenvalue weighted by atomic mass is 35.5. The number of benzene rings is 1. The van der Waals surface area contributed by atoms with E-state index in [1.165, 1.54) is 0 Å². The lowest BCUT2D eigenvalue weighted by Crippen LogP contribution is -2.43. The number of allylic oxidation sites excluding steroid dienone is 2. The van der Waals surface area contributed by atoms with E-state index >= 15 is 0 Å². The molecule has 1 aromatic rings. The summed E-state index contributed by atoms with van der Waals surface area (Å²) in [6.45, 7) is 0. The second-order valence-corrected chi connectivity index (χ2v) is 5.95. The number of dihydropyridines is 1. The Bertz CT molecular complexity index is 718. The van der Waals surface area contributed by atoms with Gasteiger partial charge < -0.3 is 10.1 Å². The highest BCUT2D eigenvalue weighted by Crippen LogP contribution is 2.44. The van der Waals surface area contributed by atoms with Gasteiger partial charge in [-0.1, -0.05) is 34.8 Å². The third kappa shape index (κ3) is 3.79. The van der Waals surface area contributed by atoms with Gasteiger partial charge in [0.15, 0.2) is 17.4 Å². The molecule has 23 heavy (non-hydrogen) atoms. The van der Waals surface area contributed by atoms with Gasteiger partial charge >= 0.3 is 6.18 Å². The van der Waals surface area contributed by atoms with Crippen molar-refractivity contribution in [2.45, 2.75) is 11.4 Å². The molecule has 1 atom stereocenters. The Labute approximate surface area is 146 Å². The average Bonchev–Trinajstić information content (AvgIpc) is 2.42. The van der Waals surface area contributed by atoms with E-state index in [1.54, 1.807) is 0 Å². The van der Waals surface area contributed by atoms with Crippen LogP contribution >= 0.6 is 46.4 Å². The number of rotatable bonds is 2. The normalized spacial score (nSPS) is 21.4. The fraction of sp³-hybridized carbons (Fsp3) is 0.167. The Balaban J connectivity index is 2.43. The molecule has 2 rings (SSSR count). The lowest BCUT2D eigenvalue weighted by Gasteiger charge is -2.29. The number of halogens is 9. The minimum Gasteiger partial charge on any atom is -0.447 e. The quantitative estimate of drug-likeness (QED) is 0.279. The highest BCUT2D eigenvalue weighted by Gasteiger charge is 2.39. The van der Waals surface area contributed by atoms with Gasteiger partial charge in [0.25, 0.3) is 5.18 Å². The molecule has 1 heterocycles. The summed E-state index contributed by atoms with van der Waals surface area (Å²) in [5.74, 6) is -3.31. The van der Waals surface area contributed by atoms with Crippen LogP contribution < -0.4 is 10.1 Å². The van der Waals surface area contributed by atoms with Crippen LogP contribution in [0.3, 0.4) is 0 Å². The van der Waals surface area contributed by atoms with Gasteiger partial charge in [-0.25, -0.2) is 8.78 Å². The summed E-state index contributed by atoms with van der Waals surface area (Å²) in [5.41, 5.74) is -1.67. The van der Waals surface area contributed by atoms with Crippen LogP contribution in [0, 0.1) is 5.82 Å². The van der Waals surface area contributed by atoms with Crippen LogP contribution in [-0.4, -0.2) is 5.18 Å². The topological polar surface area (TPSA) is 21.3 Å². The minimum absolute atomic E-state index is 0.295. The summed E-state index contributed by atoms with van der Waals surface area (Å²) in [6, 6.07) is 0.295. The number of hydrogen-bond acceptors (Lipinski definition) is 2. The van der Waals surface area contributed by atoms with Gasteiger partial charge in [-0.15, -0.1) is 0 Å². The summed E-state index contributed by atoms with van der Waals surface area (Å²) in [5, 5.41) is -2.06. The summed E-state index contributed by atoms with van der Waals surface area (Å²) in [4.78, 5) is 0. The molecule has 1 N–H and O–H groups in total. The summed E-state index contributed by atoms with van der Waals surface area (Å²) in [6.07, 6.45) is -3.22. The average molecular weight is 415 g/mol. The van der Waals surface area contributed by atoms with E-state index < -0.39 is 49.5 Å². The molecule has 1 aromatic carbocycles. The fourth-order valence-corrected chi connectivity index (χ4v) is 2.61. The SMILES string of the molecule is FC1=C(Cl)NC(Cl)(Oc2c(Cl)cc(C(F)(F)F)c(F)c2Cl)C=C1. The first kappa shape index (κ1) is 18.4. The van der Waals surface area contributed by atoms with Crippen molar-refractivity contribution in [3.8, 4) is 5.75 Å². The Morgan fingerprint density at radius 3 is 2.26 bits per heavy atom. The molecule has 11 heteroatoms. The summed E-state index contributed by atoms with van der Waals surface area (Å²) in [7, 11) is 0. The third-order valence-corrected chi connectivity index (χ3v) is 3.80. The lowest BCUT2D eigenvalue weighted by atomic mass is 10.2. The molecule has 0 amide bonds. The first-order valence-electron chi connectivity index (χ1n) is 5.60. The number of hydrogen-bond donors (Lipinski definition) is 1. The molecule has 126 valence electrons. The first-order valence-corrected chi connectivity index (χ1v) is 7.11. The van der Waals surface area contributed by atoms with Crippen molar-refractivity contribution in [1.29, 1.82) is 0 Å². The Morgan fingerprint density at radius 1 is 1.13 bits per heavy atom. The molecule has 1 aliphatic heterocycles. The van der Waals surface area contributed by atoms with E-state index in [9.17, 15) is 22.0 Å². The van der Waals surface area contributed by atoms with E-state index in [-0.39, 0.29) is 0 Å². The minimum atomic E-state index is -5.01. The molecule has 0 spiro atoms.